The summed E-state index contributed by atoms with van der Waals surface area (Å²) >= 11 is 0. The topological polar surface area (TPSA) is 29.5 Å². The van der Waals surface area contributed by atoms with Gasteiger partial charge in [-0.05, 0) is 46.7 Å². The molecule has 0 aromatic carbocycles. The van der Waals surface area contributed by atoms with E-state index in [1.807, 2.05) is 6.92 Å². The highest BCUT2D eigenvalue weighted by Gasteiger charge is 2.49. The molecule has 2 saturated heterocycles. The largest absolute Gasteiger partial charge is 0.462 e. The van der Waals surface area contributed by atoms with E-state index in [9.17, 15) is 4.79 Å². The van der Waals surface area contributed by atoms with Gasteiger partial charge in [0.2, 0.25) is 0 Å². The van der Waals surface area contributed by atoms with Crippen molar-refractivity contribution in [1.29, 1.82) is 0 Å². The summed E-state index contributed by atoms with van der Waals surface area (Å²) < 4.78 is 5.29. The van der Waals surface area contributed by atoms with E-state index in [0.717, 1.165) is 32.4 Å². The summed E-state index contributed by atoms with van der Waals surface area (Å²) in [5.74, 6) is 0.0541. The quantitative estimate of drug-likeness (QED) is 0.620. The lowest BCUT2D eigenvalue weighted by Crippen LogP contribution is -2.45. The molecule has 15 heavy (non-hydrogen) atoms. The molecule has 1 spiro atoms. The Hall–Kier alpha value is -0.570. The summed E-state index contributed by atoms with van der Waals surface area (Å²) in [7, 11) is 0. The highest BCUT2D eigenvalue weighted by Crippen LogP contribution is 2.43. The van der Waals surface area contributed by atoms with E-state index < -0.39 is 0 Å². The zero-order chi connectivity index (χ0) is 11.1. The normalized spacial score (nSPS) is 31.2. The van der Waals surface area contributed by atoms with Crippen molar-refractivity contribution in [3.8, 4) is 0 Å². The highest BCUT2D eigenvalue weighted by molar-refractivity contribution is 5.79. The van der Waals surface area contributed by atoms with Crippen LogP contribution in [-0.4, -0.2) is 36.1 Å². The van der Waals surface area contributed by atoms with Gasteiger partial charge in [-0.2, -0.15) is 0 Å². The van der Waals surface area contributed by atoms with E-state index >= 15 is 0 Å². The van der Waals surface area contributed by atoms with Crippen LogP contribution in [-0.2, 0) is 9.53 Å². The van der Waals surface area contributed by atoms with Gasteiger partial charge in [-0.15, -0.1) is 0 Å². The average Bonchev–Trinajstić information content (AvgIpc) is 2.42. The average molecular weight is 211 g/mol. The van der Waals surface area contributed by atoms with Crippen LogP contribution in [0.25, 0.3) is 0 Å². The lowest BCUT2D eigenvalue weighted by Gasteiger charge is -2.38. The van der Waals surface area contributed by atoms with Crippen LogP contribution in [0, 0.1) is 5.41 Å². The van der Waals surface area contributed by atoms with Gasteiger partial charge in [0, 0.05) is 12.5 Å². The lowest BCUT2D eigenvalue weighted by molar-refractivity contribution is -0.150. The third-order valence-electron chi connectivity index (χ3n) is 3.90. The first-order valence-electron chi connectivity index (χ1n) is 5.99. The summed E-state index contributed by atoms with van der Waals surface area (Å²) in [6.07, 6.45) is 3.02. The van der Waals surface area contributed by atoms with Gasteiger partial charge in [0.25, 0.3) is 0 Å². The third-order valence-corrected chi connectivity index (χ3v) is 3.90. The molecule has 0 saturated carbocycles. The predicted octanol–water partition coefficient (Wildman–Crippen LogP) is 1.81. The molecule has 0 radical (unpaired) electrons. The Morgan fingerprint density at radius 1 is 1.40 bits per heavy atom. The number of likely N-dealkylation sites (tertiary alicyclic amines) is 1. The van der Waals surface area contributed by atoms with Crippen molar-refractivity contribution >= 4 is 5.97 Å². The number of hydrogen-bond donors (Lipinski definition) is 0. The minimum Gasteiger partial charge on any atom is -0.462 e. The number of carbonyl (C=O) groups is 1. The van der Waals surface area contributed by atoms with Crippen molar-refractivity contribution in [2.45, 2.75) is 52.2 Å². The van der Waals surface area contributed by atoms with E-state index in [2.05, 4.69) is 18.7 Å². The Morgan fingerprint density at radius 2 is 2.00 bits per heavy atom. The summed E-state index contributed by atoms with van der Waals surface area (Å²) in [6.45, 7) is 8.52. The fraction of sp³-hybridized carbons (Fsp3) is 0.917. The molecule has 3 heteroatoms. The fourth-order valence-electron chi connectivity index (χ4n) is 2.86. The monoisotopic (exact) mass is 211 g/mol. The molecule has 0 bridgehead atoms. The maximum absolute atomic E-state index is 11.8. The first kappa shape index (κ1) is 10.9. The molecule has 2 heterocycles. The van der Waals surface area contributed by atoms with Gasteiger partial charge in [0.15, 0.2) is 0 Å². The number of rotatable bonds is 1. The van der Waals surface area contributed by atoms with Gasteiger partial charge < -0.3 is 9.64 Å². The molecule has 2 fully saturated rings. The first-order valence-corrected chi connectivity index (χ1v) is 5.99. The van der Waals surface area contributed by atoms with Gasteiger partial charge in [0.1, 0.15) is 6.10 Å². The summed E-state index contributed by atoms with van der Waals surface area (Å²) in [4.78, 5) is 14.2. The Morgan fingerprint density at radius 3 is 2.40 bits per heavy atom. The van der Waals surface area contributed by atoms with Gasteiger partial charge in [-0.25, -0.2) is 0 Å². The van der Waals surface area contributed by atoms with Crippen molar-refractivity contribution in [2.24, 2.45) is 5.41 Å². The van der Waals surface area contributed by atoms with Gasteiger partial charge in [-0.3, -0.25) is 4.79 Å². The van der Waals surface area contributed by atoms with Crippen molar-refractivity contribution < 1.29 is 9.53 Å². The second-order valence-electron chi connectivity index (χ2n) is 5.33. The number of nitrogens with zero attached hydrogens (tertiary/aromatic N) is 1. The van der Waals surface area contributed by atoms with Crippen molar-refractivity contribution in [3.05, 3.63) is 0 Å². The van der Waals surface area contributed by atoms with Crippen LogP contribution in [0.4, 0.5) is 0 Å². The number of hydrogen-bond acceptors (Lipinski definition) is 3. The molecular formula is C12H21NO2. The lowest BCUT2D eigenvalue weighted by atomic mass is 9.76. The minimum atomic E-state index is -0.134. The molecule has 0 aromatic rings. The van der Waals surface area contributed by atoms with Crippen LogP contribution >= 0.6 is 0 Å². The zero-order valence-corrected chi connectivity index (χ0v) is 9.95. The standard InChI is InChI=1S/C12H21NO2/c1-9(2)13-6-4-12(5-7-13)8-10(3)15-11(12)14/h9-10H,4-8H2,1-3H3. The maximum atomic E-state index is 11.8. The summed E-state index contributed by atoms with van der Waals surface area (Å²) in [5.41, 5.74) is -0.134. The van der Waals surface area contributed by atoms with Gasteiger partial charge >= 0.3 is 5.97 Å². The Balaban J connectivity index is 2.00. The molecule has 2 aliphatic rings. The second-order valence-corrected chi connectivity index (χ2v) is 5.33. The molecule has 2 rings (SSSR count). The molecule has 86 valence electrons. The van der Waals surface area contributed by atoms with Gasteiger partial charge in [-0.1, -0.05) is 0 Å². The maximum Gasteiger partial charge on any atom is 0.312 e. The van der Waals surface area contributed by atoms with Crippen LogP contribution in [0.5, 0.6) is 0 Å². The Bertz CT molecular complexity index is 254. The third kappa shape index (κ3) is 1.89. The zero-order valence-electron chi connectivity index (χ0n) is 9.95. The van der Waals surface area contributed by atoms with Crippen LogP contribution in [0.2, 0.25) is 0 Å². The smallest absolute Gasteiger partial charge is 0.312 e. The molecule has 0 aromatic heterocycles. The fourth-order valence-corrected chi connectivity index (χ4v) is 2.86. The van der Waals surface area contributed by atoms with Crippen molar-refractivity contribution in [3.63, 3.8) is 0 Å². The summed E-state index contributed by atoms with van der Waals surface area (Å²) in [5, 5.41) is 0. The Kier molecular flexibility index (Phi) is 2.75. The van der Waals surface area contributed by atoms with Crippen LogP contribution in [0.15, 0.2) is 0 Å². The highest BCUT2D eigenvalue weighted by atomic mass is 16.6. The van der Waals surface area contributed by atoms with Crippen LogP contribution in [0.1, 0.15) is 40.0 Å². The van der Waals surface area contributed by atoms with Crippen LogP contribution < -0.4 is 0 Å². The van der Waals surface area contributed by atoms with E-state index in [1.54, 1.807) is 0 Å². The van der Waals surface area contributed by atoms with E-state index in [-0.39, 0.29) is 17.5 Å². The molecular weight excluding hydrogens is 190 g/mol. The van der Waals surface area contributed by atoms with E-state index in [1.165, 1.54) is 0 Å². The molecule has 0 amide bonds. The number of cyclic esters (lactones) is 1. The molecule has 3 nitrogen and oxygen atoms in total. The van der Waals surface area contributed by atoms with Crippen molar-refractivity contribution in [2.75, 3.05) is 13.1 Å². The minimum absolute atomic E-state index is 0.0541. The first-order chi connectivity index (χ1) is 7.03. The number of piperidine rings is 1. The SMILES string of the molecule is CC1CC2(CCN(C(C)C)CC2)C(=O)O1. The molecule has 2 aliphatic heterocycles. The predicted molar refractivity (Wildman–Crippen MR) is 58.5 cm³/mol. The molecule has 1 unspecified atom stereocenters. The van der Waals surface area contributed by atoms with Crippen molar-refractivity contribution in [1.82, 2.24) is 4.90 Å². The van der Waals surface area contributed by atoms with E-state index in [0.29, 0.717) is 6.04 Å². The number of ether oxygens (including phenoxy) is 1. The number of carbonyl (C=O) groups excluding carboxylic acids is 1. The second kappa shape index (κ2) is 3.78. The summed E-state index contributed by atoms with van der Waals surface area (Å²) in [6, 6.07) is 0.595. The molecule has 0 N–H and O–H groups in total. The van der Waals surface area contributed by atoms with Crippen LogP contribution in [0.3, 0.4) is 0 Å². The number of esters is 1. The molecule has 1 atom stereocenters. The molecule has 0 aliphatic carbocycles. The van der Waals surface area contributed by atoms with Gasteiger partial charge in [0.05, 0.1) is 5.41 Å². The Labute approximate surface area is 91.8 Å². The van der Waals surface area contributed by atoms with E-state index in [4.69, 9.17) is 4.74 Å².